The SMILES string of the molecule is CCc1c(CN)cnn1CC.Cl. The molecule has 0 saturated heterocycles. The lowest BCUT2D eigenvalue weighted by Crippen LogP contribution is -2.05. The molecule has 0 saturated carbocycles. The molecule has 0 aromatic carbocycles. The Morgan fingerprint density at radius 3 is 2.58 bits per heavy atom. The highest BCUT2D eigenvalue weighted by atomic mass is 35.5. The highest BCUT2D eigenvalue weighted by Gasteiger charge is 2.04. The third kappa shape index (κ3) is 1.99. The first-order valence-electron chi connectivity index (χ1n) is 4.07. The zero-order chi connectivity index (χ0) is 8.27. The van der Waals surface area contributed by atoms with Gasteiger partial charge < -0.3 is 5.73 Å². The van der Waals surface area contributed by atoms with E-state index in [-0.39, 0.29) is 12.4 Å². The van der Waals surface area contributed by atoms with Crippen LogP contribution >= 0.6 is 12.4 Å². The summed E-state index contributed by atoms with van der Waals surface area (Å²) in [5, 5.41) is 4.21. The van der Waals surface area contributed by atoms with Crippen molar-refractivity contribution in [3.63, 3.8) is 0 Å². The van der Waals surface area contributed by atoms with Gasteiger partial charge >= 0.3 is 0 Å². The Morgan fingerprint density at radius 1 is 1.50 bits per heavy atom. The molecule has 70 valence electrons. The van der Waals surface area contributed by atoms with Gasteiger partial charge in [0, 0.05) is 24.3 Å². The highest BCUT2D eigenvalue weighted by molar-refractivity contribution is 5.85. The molecule has 2 N–H and O–H groups in total. The minimum atomic E-state index is 0. The molecule has 0 spiro atoms. The van der Waals surface area contributed by atoms with Gasteiger partial charge in [-0.1, -0.05) is 6.92 Å². The molecule has 12 heavy (non-hydrogen) atoms. The predicted octanol–water partition coefficient (Wildman–Crippen LogP) is 1.35. The van der Waals surface area contributed by atoms with Crippen LogP contribution in [0.2, 0.25) is 0 Å². The quantitative estimate of drug-likeness (QED) is 0.780. The molecule has 0 aliphatic heterocycles. The second-order valence-corrected chi connectivity index (χ2v) is 2.49. The van der Waals surface area contributed by atoms with Crippen molar-refractivity contribution in [1.29, 1.82) is 0 Å². The van der Waals surface area contributed by atoms with E-state index >= 15 is 0 Å². The lowest BCUT2D eigenvalue weighted by molar-refractivity contribution is 0.624. The van der Waals surface area contributed by atoms with Crippen molar-refractivity contribution in [2.75, 3.05) is 0 Å². The second-order valence-electron chi connectivity index (χ2n) is 2.49. The van der Waals surface area contributed by atoms with Crippen molar-refractivity contribution in [2.24, 2.45) is 5.73 Å². The minimum absolute atomic E-state index is 0. The maximum absolute atomic E-state index is 5.54. The van der Waals surface area contributed by atoms with Gasteiger partial charge in [0.2, 0.25) is 0 Å². The Morgan fingerprint density at radius 2 is 2.17 bits per heavy atom. The molecule has 0 unspecified atom stereocenters. The van der Waals surface area contributed by atoms with Gasteiger partial charge in [-0.3, -0.25) is 4.68 Å². The van der Waals surface area contributed by atoms with Gasteiger partial charge in [0.25, 0.3) is 0 Å². The van der Waals surface area contributed by atoms with E-state index in [0.29, 0.717) is 6.54 Å². The zero-order valence-corrected chi connectivity index (χ0v) is 8.40. The number of hydrogen-bond acceptors (Lipinski definition) is 2. The fourth-order valence-corrected chi connectivity index (χ4v) is 1.30. The number of nitrogens with zero attached hydrogens (tertiary/aromatic N) is 2. The molecular formula is C8H16ClN3. The minimum Gasteiger partial charge on any atom is -0.326 e. The summed E-state index contributed by atoms with van der Waals surface area (Å²) < 4.78 is 2.00. The van der Waals surface area contributed by atoms with Crippen molar-refractivity contribution in [2.45, 2.75) is 33.4 Å². The molecule has 1 aromatic heterocycles. The first-order valence-corrected chi connectivity index (χ1v) is 4.07. The summed E-state index contributed by atoms with van der Waals surface area (Å²) in [5.41, 5.74) is 7.99. The van der Waals surface area contributed by atoms with Crippen LogP contribution < -0.4 is 5.73 Å². The van der Waals surface area contributed by atoms with E-state index in [0.717, 1.165) is 13.0 Å². The van der Waals surface area contributed by atoms with Crippen LogP contribution in [0.1, 0.15) is 25.1 Å². The number of aromatic nitrogens is 2. The van der Waals surface area contributed by atoms with E-state index in [9.17, 15) is 0 Å². The monoisotopic (exact) mass is 189 g/mol. The summed E-state index contributed by atoms with van der Waals surface area (Å²) in [6.07, 6.45) is 2.88. The van der Waals surface area contributed by atoms with Gasteiger partial charge in [-0.15, -0.1) is 12.4 Å². The Kier molecular flexibility index (Phi) is 4.93. The normalized spacial score (nSPS) is 9.58. The first-order chi connectivity index (χ1) is 5.33. The molecule has 0 aliphatic carbocycles. The molecule has 1 aromatic rings. The van der Waals surface area contributed by atoms with Gasteiger partial charge in [0.05, 0.1) is 6.20 Å². The van der Waals surface area contributed by atoms with Crippen LogP contribution in [0.3, 0.4) is 0 Å². The molecule has 0 radical (unpaired) electrons. The number of aryl methyl sites for hydroxylation is 1. The fraction of sp³-hybridized carbons (Fsp3) is 0.625. The maximum atomic E-state index is 5.54. The van der Waals surface area contributed by atoms with Crippen molar-refractivity contribution < 1.29 is 0 Å². The average Bonchev–Trinajstić information content (AvgIpc) is 2.45. The van der Waals surface area contributed by atoms with Crippen LogP contribution in [0.4, 0.5) is 0 Å². The maximum Gasteiger partial charge on any atom is 0.0537 e. The molecule has 3 nitrogen and oxygen atoms in total. The van der Waals surface area contributed by atoms with E-state index in [4.69, 9.17) is 5.73 Å². The average molecular weight is 190 g/mol. The van der Waals surface area contributed by atoms with Gasteiger partial charge in [0.1, 0.15) is 0 Å². The lowest BCUT2D eigenvalue weighted by atomic mass is 10.2. The van der Waals surface area contributed by atoms with Gasteiger partial charge in [-0.25, -0.2) is 0 Å². The molecule has 0 fully saturated rings. The number of nitrogens with two attached hydrogens (primary N) is 1. The standard InChI is InChI=1S/C8H15N3.ClH/c1-3-8-7(5-9)6-10-11(8)4-2;/h6H,3-5,9H2,1-2H3;1H. The molecule has 4 heteroatoms. The Labute approximate surface area is 79.4 Å². The zero-order valence-electron chi connectivity index (χ0n) is 7.58. The predicted molar refractivity (Wildman–Crippen MR) is 52.4 cm³/mol. The summed E-state index contributed by atoms with van der Waals surface area (Å²) in [4.78, 5) is 0. The van der Waals surface area contributed by atoms with Crippen LogP contribution in [0, 0.1) is 0 Å². The molecular weight excluding hydrogens is 174 g/mol. The van der Waals surface area contributed by atoms with E-state index in [1.807, 2.05) is 10.9 Å². The topological polar surface area (TPSA) is 43.8 Å². The largest absolute Gasteiger partial charge is 0.326 e. The Bertz CT molecular complexity index is 211. The van der Waals surface area contributed by atoms with Gasteiger partial charge in [0.15, 0.2) is 0 Å². The van der Waals surface area contributed by atoms with Crippen LogP contribution in [-0.4, -0.2) is 9.78 Å². The highest BCUT2D eigenvalue weighted by Crippen LogP contribution is 2.07. The van der Waals surface area contributed by atoms with Crippen molar-refractivity contribution in [3.05, 3.63) is 17.5 Å². The van der Waals surface area contributed by atoms with Crippen LogP contribution in [0.5, 0.6) is 0 Å². The number of rotatable bonds is 3. The number of halogens is 1. The van der Waals surface area contributed by atoms with Crippen molar-refractivity contribution >= 4 is 12.4 Å². The van der Waals surface area contributed by atoms with Gasteiger partial charge in [-0.05, 0) is 13.3 Å². The summed E-state index contributed by atoms with van der Waals surface area (Å²) in [6.45, 7) is 5.75. The molecule has 0 atom stereocenters. The Hall–Kier alpha value is -0.540. The molecule has 1 rings (SSSR count). The first kappa shape index (κ1) is 11.5. The third-order valence-corrected chi connectivity index (χ3v) is 1.89. The summed E-state index contributed by atoms with van der Waals surface area (Å²) >= 11 is 0. The number of hydrogen-bond donors (Lipinski definition) is 1. The Balaban J connectivity index is 0.00000121. The van der Waals surface area contributed by atoms with Crippen LogP contribution in [0.25, 0.3) is 0 Å². The fourth-order valence-electron chi connectivity index (χ4n) is 1.30. The van der Waals surface area contributed by atoms with Crippen LogP contribution in [0.15, 0.2) is 6.20 Å². The molecule has 0 amide bonds. The van der Waals surface area contributed by atoms with E-state index in [2.05, 4.69) is 18.9 Å². The molecule has 0 aliphatic rings. The molecule has 0 bridgehead atoms. The van der Waals surface area contributed by atoms with Crippen molar-refractivity contribution in [1.82, 2.24) is 9.78 Å². The second kappa shape index (κ2) is 5.17. The van der Waals surface area contributed by atoms with Gasteiger partial charge in [-0.2, -0.15) is 5.10 Å². The van der Waals surface area contributed by atoms with E-state index in [1.54, 1.807) is 0 Å². The van der Waals surface area contributed by atoms with E-state index in [1.165, 1.54) is 11.3 Å². The van der Waals surface area contributed by atoms with Crippen LogP contribution in [-0.2, 0) is 19.5 Å². The third-order valence-electron chi connectivity index (χ3n) is 1.89. The van der Waals surface area contributed by atoms with Crippen molar-refractivity contribution in [3.8, 4) is 0 Å². The van der Waals surface area contributed by atoms with E-state index < -0.39 is 0 Å². The lowest BCUT2D eigenvalue weighted by Gasteiger charge is -2.02. The summed E-state index contributed by atoms with van der Waals surface area (Å²) in [6, 6.07) is 0. The summed E-state index contributed by atoms with van der Waals surface area (Å²) in [5.74, 6) is 0. The summed E-state index contributed by atoms with van der Waals surface area (Å²) in [7, 11) is 0. The smallest absolute Gasteiger partial charge is 0.0537 e. The molecule has 1 heterocycles.